The van der Waals surface area contributed by atoms with Gasteiger partial charge in [-0.25, -0.2) is 9.78 Å². The van der Waals surface area contributed by atoms with Crippen molar-refractivity contribution < 1.29 is 9.53 Å². The summed E-state index contributed by atoms with van der Waals surface area (Å²) in [7, 11) is 0. The lowest BCUT2D eigenvalue weighted by molar-refractivity contribution is -0.0174. The largest absolute Gasteiger partial charge is 0.458 e. The van der Waals surface area contributed by atoms with Crippen LogP contribution in [0.1, 0.15) is 50.4 Å². The number of nitrogens with zero attached hydrogens (tertiary/aromatic N) is 1. The minimum Gasteiger partial charge on any atom is -0.458 e. The summed E-state index contributed by atoms with van der Waals surface area (Å²) in [6.07, 6.45) is 4.78. The molecule has 2 rings (SSSR count). The van der Waals surface area contributed by atoms with E-state index in [1.165, 1.54) is 6.42 Å². The Balaban J connectivity index is 2.14. The number of aromatic nitrogens is 1. The molecular formula is C16H21BrClNO2. The number of pyridine rings is 1. The van der Waals surface area contributed by atoms with Crippen molar-refractivity contribution in [3.63, 3.8) is 0 Å². The Morgan fingerprint density at radius 2 is 2.19 bits per heavy atom. The van der Waals surface area contributed by atoms with Crippen LogP contribution in [0.4, 0.5) is 0 Å². The number of hydrogen-bond acceptors (Lipinski definition) is 3. The maximum Gasteiger partial charge on any atom is 0.341 e. The van der Waals surface area contributed by atoms with Gasteiger partial charge in [-0.1, -0.05) is 38.8 Å². The zero-order chi connectivity index (χ0) is 15.6. The van der Waals surface area contributed by atoms with Gasteiger partial charge in [0, 0.05) is 10.7 Å². The molecule has 0 amide bonds. The normalized spacial score (nSPS) is 25.9. The van der Waals surface area contributed by atoms with Crippen LogP contribution in [0.2, 0.25) is 5.15 Å². The molecule has 1 aliphatic rings. The summed E-state index contributed by atoms with van der Waals surface area (Å²) in [6.45, 7) is 6.59. The van der Waals surface area contributed by atoms with E-state index in [0.29, 0.717) is 23.3 Å². The summed E-state index contributed by atoms with van der Waals surface area (Å²) < 4.78 is 6.49. The Morgan fingerprint density at radius 3 is 2.86 bits per heavy atom. The molecule has 21 heavy (non-hydrogen) atoms. The third kappa shape index (κ3) is 4.19. The Labute approximate surface area is 139 Å². The molecule has 0 radical (unpaired) electrons. The van der Waals surface area contributed by atoms with E-state index < -0.39 is 0 Å². The Morgan fingerprint density at radius 1 is 1.48 bits per heavy atom. The fraction of sp³-hybridized carbons (Fsp3) is 0.625. The van der Waals surface area contributed by atoms with Crippen LogP contribution in [-0.2, 0) is 4.74 Å². The summed E-state index contributed by atoms with van der Waals surface area (Å²) >= 11 is 9.31. The van der Waals surface area contributed by atoms with Crippen LogP contribution in [0.3, 0.4) is 0 Å². The van der Waals surface area contributed by atoms with E-state index in [-0.39, 0.29) is 17.2 Å². The molecule has 5 heteroatoms. The molecule has 1 aliphatic carbocycles. The fourth-order valence-corrected chi connectivity index (χ4v) is 3.53. The Hall–Kier alpha value is -0.610. The molecule has 1 aromatic heterocycles. The number of rotatable bonds is 3. The van der Waals surface area contributed by atoms with Gasteiger partial charge in [-0.3, -0.25) is 0 Å². The summed E-state index contributed by atoms with van der Waals surface area (Å²) in [5.74, 6) is 1.14. The van der Waals surface area contributed by atoms with Crippen molar-refractivity contribution in [2.45, 2.75) is 46.1 Å². The predicted molar refractivity (Wildman–Crippen MR) is 87.5 cm³/mol. The lowest BCUT2D eigenvalue weighted by Gasteiger charge is -2.36. The summed E-state index contributed by atoms with van der Waals surface area (Å²) in [5.41, 5.74) is 0.326. The van der Waals surface area contributed by atoms with Crippen molar-refractivity contribution in [3.8, 4) is 0 Å². The van der Waals surface area contributed by atoms with Gasteiger partial charge >= 0.3 is 5.97 Å². The molecule has 0 N–H and O–H groups in total. The molecule has 116 valence electrons. The minimum atomic E-state index is -0.376. The lowest BCUT2D eigenvalue weighted by Crippen LogP contribution is -2.36. The first-order valence-corrected chi connectivity index (χ1v) is 8.57. The molecule has 0 bridgehead atoms. The number of halogens is 2. The average molecular weight is 375 g/mol. The molecule has 0 spiro atoms. The lowest BCUT2D eigenvalue weighted by atomic mass is 9.75. The van der Waals surface area contributed by atoms with Crippen molar-refractivity contribution in [3.05, 3.63) is 27.5 Å². The van der Waals surface area contributed by atoms with Gasteiger partial charge in [-0.2, -0.15) is 0 Å². The molecule has 3 unspecified atom stereocenters. The summed E-state index contributed by atoms with van der Waals surface area (Å²) in [6, 6.07) is 1.66. The second-order valence-corrected chi connectivity index (χ2v) is 7.54. The second kappa shape index (κ2) is 7.10. The molecule has 3 nitrogen and oxygen atoms in total. The van der Waals surface area contributed by atoms with Gasteiger partial charge in [-0.05, 0) is 52.6 Å². The number of esters is 1. The van der Waals surface area contributed by atoms with Crippen LogP contribution in [-0.4, -0.2) is 17.1 Å². The molecule has 0 aromatic carbocycles. The number of ether oxygens (including phenoxy) is 1. The highest BCUT2D eigenvalue weighted by molar-refractivity contribution is 9.10. The van der Waals surface area contributed by atoms with E-state index in [1.54, 1.807) is 12.3 Å². The smallest absolute Gasteiger partial charge is 0.341 e. The molecule has 1 aromatic rings. The first-order valence-electron chi connectivity index (χ1n) is 7.40. The molecule has 0 aliphatic heterocycles. The molecule has 1 fully saturated rings. The van der Waals surface area contributed by atoms with E-state index in [0.717, 1.165) is 17.3 Å². The van der Waals surface area contributed by atoms with Crippen LogP contribution in [0.25, 0.3) is 0 Å². The number of carbonyl (C=O) groups is 1. The Bertz CT molecular complexity index is 521. The van der Waals surface area contributed by atoms with Crippen molar-refractivity contribution in [1.29, 1.82) is 0 Å². The summed E-state index contributed by atoms with van der Waals surface area (Å²) in [5, 5.41) is 0.188. The zero-order valence-corrected chi connectivity index (χ0v) is 14.9. The average Bonchev–Trinajstić information content (AvgIpc) is 2.41. The van der Waals surface area contributed by atoms with Gasteiger partial charge in [-0.15, -0.1) is 0 Å². The standard InChI is InChI=1S/C16H21BrClNO2/c1-9(2)12-5-4-10(3)6-14(12)21-16(20)13-7-11(17)8-19-15(13)18/h7-10,12,14H,4-6H2,1-3H3. The SMILES string of the molecule is CC1CCC(C(C)C)C(OC(=O)c2cc(Br)cnc2Cl)C1. The molecular weight excluding hydrogens is 354 g/mol. The van der Waals surface area contributed by atoms with Gasteiger partial charge < -0.3 is 4.74 Å². The van der Waals surface area contributed by atoms with E-state index in [9.17, 15) is 4.79 Å². The maximum absolute atomic E-state index is 12.4. The van der Waals surface area contributed by atoms with Crippen LogP contribution < -0.4 is 0 Å². The monoisotopic (exact) mass is 373 g/mol. The van der Waals surface area contributed by atoms with E-state index in [4.69, 9.17) is 16.3 Å². The van der Waals surface area contributed by atoms with Gasteiger partial charge in [0.15, 0.2) is 0 Å². The van der Waals surface area contributed by atoms with Gasteiger partial charge in [0.05, 0.1) is 5.56 Å². The van der Waals surface area contributed by atoms with E-state index >= 15 is 0 Å². The fourth-order valence-electron chi connectivity index (χ4n) is 3.02. The first kappa shape index (κ1) is 16.8. The number of hydrogen-bond donors (Lipinski definition) is 0. The van der Waals surface area contributed by atoms with Crippen molar-refractivity contribution in [1.82, 2.24) is 4.98 Å². The second-order valence-electron chi connectivity index (χ2n) is 6.26. The highest BCUT2D eigenvalue weighted by Crippen LogP contribution is 2.36. The van der Waals surface area contributed by atoms with Crippen LogP contribution in [0, 0.1) is 17.8 Å². The van der Waals surface area contributed by atoms with Crippen molar-refractivity contribution in [2.24, 2.45) is 17.8 Å². The van der Waals surface area contributed by atoms with Gasteiger partial charge in [0.1, 0.15) is 11.3 Å². The molecule has 1 saturated carbocycles. The van der Waals surface area contributed by atoms with Crippen molar-refractivity contribution >= 4 is 33.5 Å². The predicted octanol–water partition coefficient (Wildman–Crippen LogP) is 5.12. The molecule has 1 heterocycles. The third-order valence-electron chi connectivity index (χ3n) is 4.25. The zero-order valence-electron chi connectivity index (χ0n) is 12.6. The topological polar surface area (TPSA) is 39.2 Å². The Kier molecular flexibility index (Phi) is 5.67. The van der Waals surface area contributed by atoms with Crippen LogP contribution >= 0.6 is 27.5 Å². The van der Waals surface area contributed by atoms with Gasteiger partial charge in [0.2, 0.25) is 0 Å². The number of carbonyl (C=O) groups excluding carboxylic acids is 1. The van der Waals surface area contributed by atoms with Crippen molar-refractivity contribution in [2.75, 3.05) is 0 Å². The van der Waals surface area contributed by atoms with Crippen LogP contribution in [0.5, 0.6) is 0 Å². The highest BCUT2D eigenvalue weighted by atomic mass is 79.9. The quantitative estimate of drug-likeness (QED) is 0.545. The molecule has 0 saturated heterocycles. The third-order valence-corrected chi connectivity index (χ3v) is 4.98. The van der Waals surface area contributed by atoms with E-state index in [2.05, 4.69) is 41.7 Å². The van der Waals surface area contributed by atoms with E-state index in [1.807, 2.05) is 0 Å². The minimum absolute atomic E-state index is 0.0312. The van der Waals surface area contributed by atoms with Gasteiger partial charge in [0.25, 0.3) is 0 Å². The van der Waals surface area contributed by atoms with Crippen LogP contribution in [0.15, 0.2) is 16.7 Å². The highest BCUT2D eigenvalue weighted by Gasteiger charge is 2.34. The summed E-state index contributed by atoms with van der Waals surface area (Å²) in [4.78, 5) is 16.4. The molecule has 3 atom stereocenters. The maximum atomic E-state index is 12.4. The first-order chi connectivity index (χ1) is 9.88.